The Hall–Kier alpha value is -1.46. The standard InChI is InChI=1S/C12H14N4S/c1-9(13-2)10-4-3-5-16-12(10)17-11-8-14-6-7-15-11/h3-9,13H,1-2H3. The van der Waals surface area contributed by atoms with Crippen LogP contribution >= 0.6 is 11.8 Å². The Kier molecular flexibility index (Phi) is 4.06. The zero-order valence-electron chi connectivity index (χ0n) is 9.79. The van der Waals surface area contributed by atoms with Crippen LogP contribution in [0.2, 0.25) is 0 Å². The van der Waals surface area contributed by atoms with Gasteiger partial charge in [0.2, 0.25) is 0 Å². The first-order valence-electron chi connectivity index (χ1n) is 5.37. The number of hydrogen-bond donors (Lipinski definition) is 1. The summed E-state index contributed by atoms with van der Waals surface area (Å²) in [5.74, 6) is 0. The third-order valence-electron chi connectivity index (χ3n) is 2.44. The summed E-state index contributed by atoms with van der Waals surface area (Å²) in [6, 6.07) is 4.29. The first kappa shape index (κ1) is 12.0. The lowest BCUT2D eigenvalue weighted by atomic mass is 10.1. The van der Waals surface area contributed by atoms with Crippen LogP contribution in [0, 0.1) is 0 Å². The molecular weight excluding hydrogens is 232 g/mol. The highest BCUT2D eigenvalue weighted by molar-refractivity contribution is 7.99. The lowest BCUT2D eigenvalue weighted by Crippen LogP contribution is -2.13. The maximum Gasteiger partial charge on any atom is 0.121 e. The molecule has 0 aliphatic carbocycles. The van der Waals surface area contributed by atoms with Gasteiger partial charge in [-0.1, -0.05) is 6.07 Å². The van der Waals surface area contributed by atoms with Crippen molar-refractivity contribution in [2.75, 3.05) is 7.05 Å². The van der Waals surface area contributed by atoms with Crippen molar-refractivity contribution in [1.82, 2.24) is 20.3 Å². The summed E-state index contributed by atoms with van der Waals surface area (Å²) < 4.78 is 0. The van der Waals surface area contributed by atoms with Crippen LogP contribution in [-0.2, 0) is 0 Å². The summed E-state index contributed by atoms with van der Waals surface area (Å²) in [6.07, 6.45) is 6.89. The molecule has 0 saturated heterocycles. The van der Waals surface area contributed by atoms with E-state index in [0.717, 1.165) is 10.1 Å². The van der Waals surface area contributed by atoms with Gasteiger partial charge in [0.15, 0.2) is 0 Å². The first-order chi connectivity index (χ1) is 8.31. The normalized spacial score (nSPS) is 12.4. The monoisotopic (exact) mass is 246 g/mol. The fourth-order valence-electron chi connectivity index (χ4n) is 1.41. The quantitative estimate of drug-likeness (QED) is 0.897. The molecule has 0 aromatic carbocycles. The Morgan fingerprint density at radius 1 is 1.24 bits per heavy atom. The Bertz CT molecular complexity index is 475. The zero-order chi connectivity index (χ0) is 12.1. The molecule has 5 heteroatoms. The summed E-state index contributed by atoms with van der Waals surface area (Å²) in [6.45, 7) is 2.11. The van der Waals surface area contributed by atoms with E-state index >= 15 is 0 Å². The molecule has 0 spiro atoms. The van der Waals surface area contributed by atoms with Gasteiger partial charge in [-0.05, 0) is 31.8 Å². The minimum absolute atomic E-state index is 0.267. The lowest BCUT2D eigenvalue weighted by Gasteiger charge is -2.13. The van der Waals surface area contributed by atoms with Gasteiger partial charge in [0.05, 0.1) is 6.20 Å². The third-order valence-corrected chi connectivity index (χ3v) is 3.40. The molecule has 0 aliphatic heterocycles. The summed E-state index contributed by atoms with van der Waals surface area (Å²) in [5.41, 5.74) is 1.17. The predicted octanol–water partition coefficient (Wildman–Crippen LogP) is 2.30. The summed E-state index contributed by atoms with van der Waals surface area (Å²) in [4.78, 5) is 12.7. The van der Waals surface area contributed by atoms with E-state index in [2.05, 4.69) is 33.3 Å². The minimum atomic E-state index is 0.267. The molecule has 0 radical (unpaired) electrons. The number of hydrogen-bond acceptors (Lipinski definition) is 5. The van der Waals surface area contributed by atoms with Gasteiger partial charge in [0, 0.05) is 30.2 Å². The Labute approximate surface area is 105 Å². The fraction of sp³-hybridized carbons (Fsp3) is 0.250. The van der Waals surface area contributed by atoms with E-state index < -0.39 is 0 Å². The molecule has 2 heterocycles. The highest BCUT2D eigenvalue weighted by Gasteiger charge is 2.11. The molecule has 17 heavy (non-hydrogen) atoms. The fourth-order valence-corrected chi connectivity index (χ4v) is 2.31. The molecule has 0 fully saturated rings. The van der Waals surface area contributed by atoms with E-state index in [9.17, 15) is 0 Å². The molecule has 0 aliphatic rings. The second-order valence-corrected chi connectivity index (χ2v) is 4.56. The molecule has 2 aromatic heterocycles. The second kappa shape index (κ2) is 5.75. The van der Waals surface area contributed by atoms with E-state index in [0.29, 0.717) is 0 Å². The molecule has 2 rings (SSSR count). The van der Waals surface area contributed by atoms with Gasteiger partial charge in [-0.25, -0.2) is 9.97 Å². The number of pyridine rings is 1. The number of nitrogens with one attached hydrogen (secondary N) is 1. The number of nitrogens with zero attached hydrogens (tertiary/aromatic N) is 3. The van der Waals surface area contributed by atoms with Crippen molar-refractivity contribution in [3.05, 3.63) is 42.5 Å². The largest absolute Gasteiger partial charge is 0.313 e. The second-order valence-electron chi connectivity index (χ2n) is 3.55. The Balaban J connectivity index is 2.27. The summed E-state index contributed by atoms with van der Waals surface area (Å²) >= 11 is 1.53. The smallest absolute Gasteiger partial charge is 0.121 e. The van der Waals surface area contributed by atoms with E-state index in [1.54, 1.807) is 24.8 Å². The molecule has 0 saturated carbocycles. The van der Waals surface area contributed by atoms with E-state index in [4.69, 9.17) is 0 Å². The van der Waals surface area contributed by atoms with Crippen LogP contribution < -0.4 is 5.32 Å². The Morgan fingerprint density at radius 3 is 2.82 bits per heavy atom. The molecule has 0 amide bonds. The van der Waals surface area contributed by atoms with Gasteiger partial charge < -0.3 is 5.32 Å². The molecule has 1 unspecified atom stereocenters. The van der Waals surface area contributed by atoms with Gasteiger partial charge in [0.1, 0.15) is 10.1 Å². The maximum atomic E-state index is 4.40. The summed E-state index contributed by atoms with van der Waals surface area (Å²) in [7, 11) is 1.94. The molecule has 1 N–H and O–H groups in total. The van der Waals surface area contributed by atoms with Crippen molar-refractivity contribution in [3.8, 4) is 0 Å². The van der Waals surface area contributed by atoms with Gasteiger partial charge >= 0.3 is 0 Å². The highest BCUT2D eigenvalue weighted by atomic mass is 32.2. The van der Waals surface area contributed by atoms with Crippen LogP contribution in [0.25, 0.3) is 0 Å². The van der Waals surface area contributed by atoms with Crippen molar-refractivity contribution >= 4 is 11.8 Å². The molecule has 88 valence electrons. The van der Waals surface area contributed by atoms with Crippen molar-refractivity contribution in [2.24, 2.45) is 0 Å². The Morgan fingerprint density at radius 2 is 2.12 bits per heavy atom. The van der Waals surface area contributed by atoms with Gasteiger partial charge in [-0.15, -0.1) is 0 Å². The SMILES string of the molecule is CNC(C)c1cccnc1Sc1cnccn1. The maximum absolute atomic E-state index is 4.40. The third kappa shape index (κ3) is 3.01. The van der Waals surface area contributed by atoms with Crippen LogP contribution in [-0.4, -0.2) is 22.0 Å². The highest BCUT2D eigenvalue weighted by Crippen LogP contribution is 2.29. The van der Waals surface area contributed by atoms with Crippen LogP contribution in [0.3, 0.4) is 0 Å². The van der Waals surface area contributed by atoms with Crippen LogP contribution in [0.5, 0.6) is 0 Å². The molecule has 0 bridgehead atoms. The van der Waals surface area contributed by atoms with Gasteiger partial charge in [-0.2, -0.15) is 0 Å². The number of aromatic nitrogens is 3. The average Bonchev–Trinajstić information content (AvgIpc) is 2.40. The van der Waals surface area contributed by atoms with Gasteiger partial charge in [0.25, 0.3) is 0 Å². The first-order valence-corrected chi connectivity index (χ1v) is 6.19. The molecule has 1 atom stereocenters. The molecule has 4 nitrogen and oxygen atoms in total. The van der Waals surface area contributed by atoms with Crippen LogP contribution in [0.15, 0.2) is 47.0 Å². The van der Waals surface area contributed by atoms with Crippen LogP contribution in [0.1, 0.15) is 18.5 Å². The molecular formula is C12H14N4S. The van der Waals surface area contributed by atoms with Crippen molar-refractivity contribution < 1.29 is 0 Å². The predicted molar refractivity (Wildman–Crippen MR) is 67.9 cm³/mol. The summed E-state index contributed by atoms with van der Waals surface area (Å²) in [5, 5.41) is 5.04. The number of rotatable bonds is 4. The van der Waals surface area contributed by atoms with E-state index in [-0.39, 0.29) is 6.04 Å². The zero-order valence-corrected chi connectivity index (χ0v) is 10.6. The van der Waals surface area contributed by atoms with Crippen molar-refractivity contribution in [3.63, 3.8) is 0 Å². The van der Waals surface area contributed by atoms with Crippen molar-refractivity contribution in [2.45, 2.75) is 23.0 Å². The topological polar surface area (TPSA) is 50.7 Å². The van der Waals surface area contributed by atoms with Crippen LogP contribution in [0.4, 0.5) is 0 Å². The lowest BCUT2D eigenvalue weighted by molar-refractivity contribution is 0.634. The minimum Gasteiger partial charge on any atom is -0.313 e. The van der Waals surface area contributed by atoms with Crippen molar-refractivity contribution in [1.29, 1.82) is 0 Å². The van der Waals surface area contributed by atoms with E-state index in [1.807, 2.05) is 13.1 Å². The average molecular weight is 246 g/mol. The molecule has 2 aromatic rings. The van der Waals surface area contributed by atoms with Gasteiger partial charge in [-0.3, -0.25) is 4.98 Å². The van der Waals surface area contributed by atoms with E-state index in [1.165, 1.54) is 17.3 Å².